The molecule has 1 saturated carbocycles. The molecule has 1 spiro atoms. The molecule has 3 aromatic rings. The van der Waals surface area contributed by atoms with Crippen molar-refractivity contribution in [3.63, 3.8) is 0 Å². The van der Waals surface area contributed by atoms with Crippen LogP contribution in [0.4, 0.5) is 19.0 Å². The summed E-state index contributed by atoms with van der Waals surface area (Å²) in [7, 11) is 0. The van der Waals surface area contributed by atoms with Crippen LogP contribution < -0.4 is 10.2 Å². The number of hydrogen-bond donors (Lipinski definition) is 1. The lowest BCUT2D eigenvalue weighted by atomic mass is 9.85. The van der Waals surface area contributed by atoms with Crippen molar-refractivity contribution < 1.29 is 13.2 Å². The maximum absolute atomic E-state index is 12.8. The van der Waals surface area contributed by atoms with Crippen LogP contribution in [0.5, 0.6) is 0 Å². The van der Waals surface area contributed by atoms with Gasteiger partial charge >= 0.3 is 6.18 Å². The van der Waals surface area contributed by atoms with Crippen LogP contribution in [-0.2, 0) is 13.0 Å². The first-order chi connectivity index (χ1) is 14.9. The highest BCUT2D eigenvalue weighted by Gasteiger charge is 2.44. The molecule has 1 N–H and O–H groups in total. The number of fused-ring (bicyclic) bond motifs is 1. The van der Waals surface area contributed by atoms with Gasteiger partial charge in [-0.05, 0) is 42.7 Å². The third kappa shape index (κ3) is 4.55. The fourth-order valence-corrected chi connectivity index (χ4v) is 6.18. The molecule has 0 radical (unpaired) electrons. The van der Waals surface area contributed by atoms with E-state index in [1.165, 1.54) is 18.3 Å². The SMILES string of the molecule is FC(F)(F)Cc1cc2c(N3CC[C@@]4(CC[C@@H](NCc5ccccc5)C4)C3)ncnc2s1. The highest BCUT2D eigenvalue weighted by atomic mass is 32.1. The topological polar surface area (TPSA) is 41.0 Å². The van der Waals surface area contributed by atoms with E-state index in [-0.39, 0.29) is 5.41 Å². The number of rotatable bonds is 5. The lowest BCUT2D eigenvalue weighted by Gasteiger charge is -2.25. The van der Waals surface area contributed by atoms with E-state index in [4.69, 9.17) is 0 Å². The second-order valence-electron chi connectivity index (χ2n) is 8.90. The second kappa shape index (κ2) is 8.06. The van der Waals surface area contributed by atoms with Crippen LogP contribution in [-0.4, -0.2) is 35.3 Å². The Balaban J connectivity index is 1.27. The zero-order chi connectivity index (χ0) is 21.5. The number of thiophene rings is 1. The van der Waals surface area contributed by atoms with Crippen molar-refractivity contribution in [1.82, 2.24) is 15.3 Å². The summed E-state index contributed by atoms with van der Waals surface area (Å²) in [6, 6.07) is 12.6. The van der Waals surface area contributed by atoms with Gasteiger partial charge in [-0.15, -0.1) is 11.3 Å². The molecule has 5 rings (SSSR count). The molecule has 1 aromatic carbocycles. The Morgan fingerprint density at radius 2 is 2.00 bits per heavy atom. The molecular formula is C23H25F3N4S. The van der Waals surface area contributed by atoms with E-state index in [9.17, 15) is 13.2 Å². The number of hydrogen-bond acceptors (Lipinski definition) is 5. The van der Waals surface area contributed by atoms with Crippen molar-refractivity contribution in [2.24, 2.45) is 5.41 Å². The van der Waals surface area contributed by atoms with E-state index in [0.29, 0.717) is 15.7 Å². The summed E-state index contributed by atoms with van der Waals surface area (Å²) in [5, 5.41) is 4.46. The van der Waals surface area contributed by atoms with Gasteiger partial charge in [-0.2, -0.15) is 13.2 Å². The molecule has 1 aliphatic carbocycles. The summed E-state index contributed by atoms with van der Waals surface area (Å²) in [5.74, 6) is 0.784. The molecule has 2 fully saturated rings. The van der Waals surface area contributed by atoms with Gasteiger partial charge in [-0.3, -0.25) is 0 Å². The average Bonchev–Trinajstić information content (AvgIpc) is 3.44. The Labute approximate surface area is 183 Å². The minimum absolute atomic E-state index is 0.260. The molecule has 0 unspecified atom stereocenters. The van der Waals surface area contributed by atoms with Crippen LogP contribution in [0.1, 0.15) is 36.1 Å². The summed E-state index contributed by atoms with van der Waals surface area (Å²) >= 11 is 1.12. The van der Waals surface area contributed by atoms with Crippen LogP contribution in [0, 0.1) is 5.41 Å². The van der Waals surface area contributed by atoms with Gasteiger partial charge in [0.15, 0.2) is 0 Å². The fraction of sp³-hybridized carbons (Fsp3) is 0.478. The quantitative estimate of drug-likeness (QED) is 0.575. The zero-order valence-electron chi connectivity index (χ0n) is 17.2. The van der Waals surface area contributed by atoms with Crippen molar-refractivity contribution in [2.45, 2.75) is 50.9 Å². The molecule has 31 heavy (non-hydrogen) atoms. The molecular weight excluding hydrogens is 421 g/mol. The third-order valence-corrected chi connectivity index (χ3v) is 7.66. The molecule has 1 aliphatic heterocycles. The summed E-state index contributed by atoms with van der Waals surface area (Å²) in [4.78, 5) is 11.9. The van der Waals surface area contributed by atoms with E-state index >= 15 is 0 Å². The predicted octanol–water partition coefficient (Wildman–Crippen LogP) is 5.33. The smallest absolute Gasteiger partial charge is 0.355 e. The summed E-state index contributed by atoms with van der Waals surface area (Å²) in [5.41, 5.74) is 1.56. The van der Waals surface area contributed by atoms with E-state index in [0.717, 1.165) is 61.4 Å². The molecule has 164 valence electrons. The molecule has 2 aliphatic rings. The van der Waals surface area contributed by atoms with Gasteiger partial charge in [-0.1, -0.05) is 30.3 Å². The first-order valence-corrected chi connectivity index (χ1v) is 11.5. The van der Waals surface area contributed by atoms with Gasteiger partial charge < -0.3 is 10.2 Å². The minimum atomic E-state index is -4.21. The van der Waals surface area contributed by atoms with Crippen molar-refractivity contribution in [3.05, 3.63) is 53.2 Å². The Bertz CT molecular complexity index is 1050. The number of aromatic nitrogens is 2. The Morgan fingerprint density at radius 3 is 2.81 bits per heavy atom. The average molecular weight is 447 g/mol. The summed E-state index contributed by atoms with van der Waals surface area (Å²) in [6.07, 6.45) is 0.926. The maximum atomic E-state index is 12.8. The molecule has 1 saturated heterocycles. The number of benzene rings is 1. The van der Waals surface area contributed by atoms with Gasteiger partial charge in [0.25, 0.3) is 0 Å². The fourth-order valence-electron chi connectivity index (χ4n) is 5.16. The minimum Gasteiger partial charge on any atom is -0.355 e. The van der Waals surface area contributed by atoms with Crippen molar-refractivity contribution in [2.75, 3.05) is 18.0 Å². The number of anilines is 1. The van der Waals surface area contributed by atoms with Gasteiger partial charge in [0, 0.05) is 30.6 Å². The third-order valence-electron chi connectivity index (χ3n) is 6.61. The first kappa shape index (κ1) is 20.7. The maximum Gasteiger partial charge on any atom is 0.393 e. The summed E-state index contributed by atoms with van der Waals surface area (Å²) in [6.45, 7) is 2.68. The normalized spacial score (nSPS) is 24.0. The van der Waals surface area contributed by atoms with Gasteiger partial charge in [-0.25, -0.2) is 9.97 Å². The lowest BCUT2D eigenvalue weighted by molar-refractivity contribution is -0.126. The second-order valence-corrected chi connectivity index (χ2v) is 10.0. The number of halogens is 3. The van der Waals surface area contributed by atoms with Crippen LogP contribution >= 0.6 is 11.3 Å². The number of alkyl halides is 3. The van der Waals surface area contributed by atoms with E-state index < -0.39 is 12.6 Å². The Hall–Kier alpha value is -2.19. The number of nitrogens with zero attached hydrogens (tertiary/aromatic N) is 3. The molecule has 2 aromatic heterocycles. The molecule has 2 atom stereocenters. The highest BCUT2D eigenvalue weighted by molar-refractivity contribution is 7.18. The molecule has 3 heterocycles. The Kier molecular flexibility index (Phi) is 5.38. The van der Waals surface area contributed by atoms with Crippen LogP contribution in [0.2, 0.25) is 0 Å². The van der Waals surface area contributed by atoms with Crippen LogP contribution in [0.25, 0.3) is 10.2 Å². The zero-order valence-corrected chi connectivity index (χ0v) is 18.0. The van der Waals surface area contributed by atoms with Gasteiger partial charge in [0.05, 0.1) is 11.8 Å². The summed E-state index contributed by atoms with van der Waals surface area (Å²) < 4.78 is 38.5. The highest BCUT2D eigenvalue weighted by Crippen LogP contribution is 2.47. The first-order valence-electron chi connectivity index (χ1n) is 10.7. The predicted molar refractivity (Wildman–Crippen MR) is 117 cm³/mol. The number of nitrogens with one attached hydrogen (secondary N) is 1. The van der Waals surface area contributed by atoms with E-state index in [1.54, 1.807) is 6.07 Å². The van der Waals surface area contributed by atoms with Crippen LogP contribution in [0.3, 0.4) is 0 Å². The van der Waals surface area contributed by atoms with Gasteiger partial charge in [0.1, 0.15) is 17.0 Å². The van der Waals surface area contributed by atoms with Gasteiger partial charge in [0.2, 0.25) is 0 Å². The lowest BCUT2D eigenvalue weighted by Crippen LogP contribution is -2.30. The van der Waals surface area contributed by atoms with E-state index in [2.05, 4.69) is 44.5 Å². The van der Waals surface area contributed by atoms with Crippen LogP contribution in [0.15, 0.2) is 42.7 Å². The molecule has 0 amide bonds. The van der Waals surface area contributed by atoms with Crippen molar-refractivity contribution in [3.8, 4) is 0 Å². The molecule has 0 bridgehead atoms. The Morgan fingerprint density at radius 1 is 1.16 bits per heavy atom. The molecule has 4 nitrogen and oxygen atoms in total. The van der Waals surface area contributed by atoms with E-state index in [1.807, 2.05) is 6.07 Å². The van der Waals surface area contributed by atoms with Crippen molar-refractivity contribution >= 4 is 27.4 Å². The van der Waals surface area contributed by atoms with Crippen molar-refractivity contribution in [1.29, 1.82) is 0 Å². The monoisotopic (exact) mass is 446 g/mol. The molecule has 8 heteroatoms. The largest absolute Gasteiger partial charge is 0.393 e. The standard InChI is InChI=1S/C23H25F3N4S/c24-23(25,26)12-18-10-19-20(28-15-29-21(19)31-18)30-9-8-22(14-30)7-6-17(11-22)27-13-16-4-2-1-3-5-16/h1-5,10,15,17,27H,6-9,11-14H2/t17-,22-/m1/s1.